The van der Waals surface area contributed by atoms with Gasteiger partial charge in [0.2, 0.25) is 17.8 Å². The molecule has 1 aliphatic heterocycles. The first kappa shape index (κ1) is 29.1. The Labute approximate surface area is 231 Å². The molecule has 0 saturated heterocycles. The smallest absolute Gasteiger partial charge is 0.464 e. The van der Waals surface area contributed by atoms with Gasteiger partial charge in [-0.2, -0.15) is 13.2 Å². The Morgan fingerprint density at radius 2 is 1.88 bits per heavy atom. The second-order valence-corrected chi connectivity index (χ2v) is 12.5. The Balaban J connectivity index is 1.63. The van der Waals surface area contributed by atoms with E-state index in [4.69, 9.17) is 0 Å². The first-order valence-corrected chi connectivity index (χ1v) is 13.7. The van der Waals surface area contributed by atoms with Crippen LogP contribution in [-0.2, 0) is 22.0 Å². The van der Waals surface area contributed by atoms with Crippen molar-refractivity contribution in [1.82, 2.24) is 19.3 Å². The number of alkyl halides is 3. The van der Waals surface area contributed by atoms with Gasteiger partial charge in [0.25, 0.3) is 0 Å². The van der Waals surface area contributed by atoms with Gasteiger partial charge in [0.05, 0.1) is 10.4 Å². The van der Waals surface area contributed by atoms with E-state index in [1.54, 1.807) is 25.1 Å². The van der Waals surface area contributed by atoms with Gasteiger partial charge in [0.15, 0.2) is 6.20 Å². The van der Waals surface area contributed by atoms with Gasteiger partial charge in [-0.3, -0.25) is 0 Å². The van der Waals surface area contributed by atoms with Crippen LogP contribution in [0.25, 0.3) is 10.4 Å². The maximum absolute atomic E-state index is 13.0. The number of nitrogens with one attached hydrogen (secondary N) is 1. The molecule has 3 heterocycles. The van der Waals surface area contributed by atoms with Gasteiger partial charge in [0, 0.05) is 24.2 Å². The summed E-state index contributed by atoms with van der Waals surface area (Å²) >= 11 is 1.04. The average molecular weight is 598 g/mol. The molecule has 0 aliphatic carbocycles. The molecule has 0 fully saturated rings. The van der Waals surface area contributed by atoms with Crippen molar-refractivity contribution in [2.75, 3.05) is 5.32 Å². The Morgan fingerprint density at radius 3 is 2.50 bits per heavy atom. The molecular weight excluding hydrogens is 573 g/mol. The highest BCUT2D eigenvalue weighted by atomic mass is 32.2. The normalized spacial score (nSPS) is 17.6. The molecular formula is C24H24F3N6O5S2+. The molecule has 212 valence electrons. The number of halogens is 3. The molecule has 1 aromatic carbocycles. The molecule has 2 aromatic heterocycles. The predicted octanol–water partition coefficient (Wildman–Crippen LogP) is 4.49. The fourth-order valence-corrected chi connectivity index (χ4v) is 6.39. The van der Waals surface area contributed by atoms with E-state index in [2.05, 4.69) is 20.3 Å². The molecule has 1 amide bonds. The number of thiazole rings is 1. The van der Waals surface area contributed by atoms with Crippen LogP contribution in [0.2, 0.25) is 0 Å². The highest BCUT2D eigenvalue weighted by molar-refractivity contribution is 7.83. The number of benzene rings is 1. The zero-order valence-corrected chi connectivity index (χ0v) is 23.1. The van der Waals surface area contributed by atoms with Gasteiger partial charge >= 0.3 is 22.5 Å². The number of hydrogen-bond acceptors (Lipinski definition) is 9. The Bertz CT molecular complexity index is 1650. The maximum Gasteiger partial charge on any atom is 0.477 e. The van der Waals surface area contributed by atoms with Crippen LogP contribution in [0.5, 0.6) is 0 Å². The second kappa shape index (κ2) is 9.94. The molecule has 0 bridgehead atoms. The van der Waals surface area contributed by atoms with Crippen LogP contribution in [-0.4, -0.2) is 59.7 Å². The van der Waals surface area contributed by atoms with Gasteiger partial charge in [-0.25, -0.2) is 19.7 Å². The minimum atomic E-state index is -4.63. The Morgan fingerprint density at radius 1 is 1.18 bits per heavy atom. The van der Waals surface area contributed by atoms with E-state index in [9.17, 15) is 36.6 Å². The molecule has 1 unspecified atom stereocenters. The number of rotatable bonds is 6. The average Bonchev–Trinajstić information content (AvgIpc) is 3.45. The number of carboxylic acid groups (broad SMARTS) is 1. The summed E-state index contributed by atoms with van der Waals surface area (Å²) < 4.78 is 66.1. The van der Waals surface area contributed by atoms with Gasteiger partial charge in [-0.05, 0) is 57.0 Å². The molecule has 11 nitrogen and oxygen atoms in total. The number of nitrogens with zero attached hydrogens (tertiary/aromatic N) is 5. The van der Waals surface area contributed by atoms with Crippen LogP contribution in [0.1, 0.15) is 37.0 Å². The first-order chi connectivity index (χ1) is 18.4. The molecule has 3 N–H and O–H groups in total. The van der Waals surface area contributed by atoms with Crippen molar-refractivity contribution in [3.63, 3.8) is 0 Å². The molecule has 0 saturated carbocycles. The summed E-state index contributed by atoms with van der Waals surface area (Å²) in [4.78, 5) is 23.9. The number of anilines is 2. The zero-order valence-electron chi connectivity index (χ0n) is 21.5. The third-order valence-corrected chi connectivity index (χ3v) is 8.60. The summed E-state index contributed by atoms with van der Waals surface area (Å²) in [6.07, 6.45) is -0.699. The van der Waals surface area contributed by atoms with Crippen molar-refractivity contribution in [3.05, 3.63) is 65.2 Å². The first-order valence-electron chi connectivity index (χ1n) is 11.5. The number of carbonyl (C=O) groups is 1. The number of aromatic nitrogens is 3. The largest absolute Gasteiger partial charge is 0.477 e. The molecule has 1 aliphatic rings. The molecule has 1 atom stereocenters. The van der Waals surface area contributed by atoms with Crippen molar-refractivity contribution < 1.29 is 40.6 Å². The summed E-state index contributed by atoms with van der Waals surface area (Å²) in [5.41, 5.74) is -2.57. The zero-order chi connectivity index (χ0) is 29.7. The Kier molecular flexibility index (Phi) is 7.23. The lowest BCUT2D eigenvalue weighted by Gasteiger charge is -2.28. The van der Waals surface area contributed by atoms with Crippen molar-refractivity contribution in [2.24, 2.45) is 0 Å². The molecule has 40 heavy (non-hydrogen) atoms. The lowest BCUT2D eigenvalue weighted by molar-refractivity contribution is -0.280. The molecule has 0 radical (unpaired) electrons. The van der Waals surface area contributed by atoms with E-state index in [1.165, 1.54) is 33.0 Å². The van der Waals surface area contributed by atoms with Crippen molar-refractivity contribution in [1.29, 1.82) is 0 Å². The minimum Gasteiger partial charge on any atom is -0.464 e. The lowest BCUT2D eigenvalue weighted by atomic mass is 10.1. The molecule has 0 spiro atoms. The van der Waals surface area contributed by atoms with E-state index in [1.807, 2.05) is 0 Å². The molecule has 4 rings (SSSR count). The summed E-state index contributed by atoms with van der Waals surface area (Å²) in [6, 6.07) is 5.87. The summed E-state index contributed by atoms with van der Waals surface area (Å²) in [7, 11) is -4.58. The summed E-state index contributed by atoms with van der Waals surface area (Å²) in [6.45, 7) is 6.03. The van der Waals surface area contributed by atoms with Crippen LogP contribution in [0, 0.1) is 6.92 Å². The van der Waals surface area contributed by atoms with Crippen LogP contribution in [0.4, 0.5) is 29.6 Å². The number of amides is 1. The van der Waals surface area contributed by atoms with E-state index in [0.29, 0.717) is 20.1 Å². The summed E-state index contributed by atoms with van der Waals surface area (Å²) in [5, 5.41) is 23.6. The van der Waals surface area contributed by atoms with Gasteiger partial charge in [-0.1, -0.05) is 10.0 Å². The van der Waals surface area contributed by atoms with E-state index in [-0.39, 0.29) is 15.3 Å². The molecule has 3 aromatic rings. The third kappa shape index (κ3) is 5.83. The van der Waals surface area contributed by atoms with Crippen LogP contribution >= 0.6 is 11.3 Å². The fourth-order valence-electron chi connectivity index (χ4n) is 3.86. The number of aliphatic hydroxyl groups is 1. The Hall–Kier alpha value is -3.89. The second-order valence-electron chi connectivity index (χ2n) is 9.83. The highest BCUT2D eigenvalue weighted by Gasteiger charge is 2.49. The number of hydrogen-bond donors (Lipinski definition) is 3. The predicted molar refractivity (Wildman–Crippen MR) is 141 cm³/mol. The SMILES string of the molecule is Cc1cc(Nc2nccc(C(F)(F)F)n2)cc(-c2cnc(C3(O)C=C[N+](S(=O)(=O)N(C(=O)O)C(C)(C)C)=C3)s2)c1. The number of aryl methyl sites for hydroxylation is 1. The van der Waals surface area contributed by atoms with Crippen LogP contribution in [0.15, 0.2) is 48.9 Å². The fraction of sp³-hybridized carbons (Fsp3) is 0.292. The molecule has 16 heteroatoms. The van der Waals surface area contributed by atoms with Gasteiger partial charge in [0.1, 0.15) is 10.7 Å². The van der Waals surface area contributed by atoms with E-state index >= 15 is 0 Å². The quantitative estimate of drug-likeness (QED) is 0.350. The minimum absolute atomic E-state index is 0.103. The lowest BCUT2D eigenvalue weighted by Crippen LogP contribution is -2.51. The van der Waals surface area contributed by atoms with Crippen molar-refractivity contribution in [2.45, 2.75) is 45.0 Å². The van der Waals surface area contributed by atoms with Crippen molar-refractivity contribution in [3.8, 4) is 10.4 Å². The monoisotopic (exact) mass is 597 g/mol. The van der Waals surface area contributed by atoms with Gasteiger partial charge in [-0.15, -0.1) is 24.1 Å². The topological polar surface area (TPSA) is 149 Å². The maximum atomic E-state index is 13.0. The standard InChI is InChI=1S/C24H23F3N6O5S2/c1-14-9-15(11-16(10-14)30-20-28-7-5-18(31-20)24(25,26)27)17-12-29-19(39-17)23(36)6-8-32(13-23)40(37,38)33(21(34)35)22(2,3)4/h5-13,36H,1-4H3,(H-,28,30,31,34,35)/p+1. The van der Waals surface area contributed by atoms with E-state index < -0.39 is 39.3 Å². The van der Waals surface area contributed by atoms with Crippen LogP contribution in [0.3, 0.4) is 0 Å². The van der Waals surface area contributed by atoms with E-state index in [0.717, 1.165) is 41.6 Å². The third-order valence-electron chi connectivity index (χ3n) is 5.49. The highest BCUT2D eigenvalue weighted by Crippen LogP contribution is 2.36. The van der Waals surface area contributed by atoms with Crippen molar-refractivity contribution >= 4 is 45.5 Å². The van der Waals surface area contributed by atoms with Crippen LogP contribution < -0.4 is 5.32 Å². The summed E-state index contributed by atoms with van der Waals surface area (Å²) in [5.74, 6) is -0.247. The van der Waals surface area contributed by atoms with Gasteiger partial charge < -0.3 is 15.5 Å².